The van der Waals surface area contributed by atoms with Gasteiger partial charge in [0.2, 0.25) is 0 Å². The van der Waals surface area contributed by atoms with Gasteiger partial charge in [0.15, 0.2) is 0 Å². The highest BCUT2D eigenvalue weighted by molar-refractivity contribution is 7.99. The van der Waals surface area contributed by atoms with Crippen LogP contribution in [0.5, 0.6) is 0 Å². The lowest BCUT2D eigenvalue weighted by Crippen LogP contribution is -2.04. The molecule has 3 nitrogen and oxygen atoms in total. The largest absolute Gasteiger partial charge is 0.370 e. The van der Waals surface area contributed by atoms with E-state index in [1.165, 1.54) is 6.42 Å². The highest BCUT2D eigenvalue weighted by Crippen LogP contribution is 2.19. The minimum Gasteiger partial charge on any atom is -0.370 e. The summed E-state index contributed by atoms with van der Waals surface area (Å²) in [6.45, 7) is 7.33. The standard InChI is InChI=1S/C12H21N3S/c1-4-7-10-14-11(13-6-3)9-12(15-10)16-8-5-2/h9H,4-8H2,1-3H3,(H,13,14,15). The quantitative estimate of drug-likeness (QED) is 0.585. The van der Waals surface area contributed by atoms with E-state index >= 15 is 0 Å². The predicted molar refractivity (Wildman–Crippen MR) is 71.2 cm³/mol. The van der Waals surface area contributed by atoms with Crippen molar-refractivity contribution >= 4 is 17.6 Å². The van der Waals surface area contributed by atoms with E-state index < -0.39 is 0 Å². The molecule has 0 atom stereocenters. The molecule has 0 radical (unpaired) electrons. The van der Waals surface area contributed by atoms with Crippen molar-refractivity contribution in [2.24, 2.45) is 0 Å². The highest BCUT2D eigenvalue weighted by atomic mass is 32.2. The average Bonchev–Trinajstić information content (AvgIpc) is 2.27. The molecule has 0 aliphatic heterocycles. The minimum absolute atomic E-state index is 0.903. The summed E-state index contributed by atoms with van der Waals surface area (Å²) in [7, 11) is 0. The molecule has 1 aromatic heterocycles. The fourth-order valence-corrected chi connectivity index (χ4v) is 2.14. The van der Waals surface area contributed by atoms with Gasteiger partial charge in [0.05, 0.1) is 0 Å². The van der Waals surface area contributed by atoms with Crippen LogP contribution in [-0.4, -0.2) is 22.3 Å². The molecule has 0 fully saturated rings. The number of rotatable bonds is 7. The minimum atomic E-state index is 0.903. The first-order valence-electron chi connectivity index (χ1n) is 6.04. The van der Waals surface area contributed by atoms with Crippen LogP contribution in [0, 0.1) is 0 Å². The highest BCUT2D eigenvalue weighted by Gasteiger charge is 2.03. The number of aromatic nitrogens is 2. The van der Waals surface area contributed by atoms with Gasteiger partial charge < -0.3 is 5.32 Å². The molecule has 1 heterocycles. The van der Waals surface area contributed by atoms with Crippen LogP contribution >= 0.6 is 11.8 Å². The summed E-state index contributed by atoms with van der Waals surface area (Å²) in [5.41, 5.74) is 0. The maximum atomic E-state index is 4.55. The van der Waals surface area contributed by atoms with Crippen molar-refractivity contribution in [1.29, 1.82) is 0 Å². The Morgan fingerprint density at radius 1 is 1.19 bits per heavy atom. The van der Waals surface area contributed by atoms with E-state index in [0.29, 0.717) is 0 Å². The first-order chi connectivity index (χ1) is 7.80. The van der Waals surface area contributed by atoms with E-state index in [4.69, 9.17) is 0 Å². The number of thioether (sulfide) groups is 1. The number of nitrogens with zero attached hydrogens (tertiary/aromatic N) is 2. The second kappa shape index (κ2) is 7.49. The number of hydrogen-bond acceptors (Lipinski definition) is 4. The fraction of sp³-hybridized carbons (Fsp3) is 0.667. The Hall–Kier alpha value is -0.770. The third-order valence-electron chi connectivity index (χ3n) is 2.03. The third kappa shape index (κ3) is 4.39. The van der Waals surface area contributed by atoms with Crippen LogP contribution in [0.1, 0.15) is 39.4 Å². The Balaban J connectivity index is 2.80. The van der Waals surface area contributed by atoms with Crippen LogP contribution in [0.4, 0.5) is 5.82 Å². The van der Waals surface area contributed by atoms with Crippen molar-refractivity contribution in [3.8, 4) is 0 Å². The van der Waals surface area contributed by atoms with Crippen LogP contribution in [-0.2, 0) is 6.42 Å². The molecule has 0 amide bonds. The molecule has 0 saturated heterocycles. The Bertz CT molecular complexity index is 291. The van der Waals surface area contributed by atoms with Gasteiger partial charge in [0.1, 0.15) is 16.7 Å². The van der Waals surface area contributed by atoms with Gasteiger partial charge in [-0.1, -0.05) is 13.8 Å². The van der Waals surface area contributed by atoms with E-state index in [9.17, 15) is 0 Å². The zero-order valence-corrected chi connectivity index (χ0v) is 11.2. The molecular formula is C12H21N3S. The number of aryl methyl sites for hydroxylation is 1. The van der Waals surface area contributed by atoms with Gasteiger partial charge >= 0.3 is 0 Å². The zero-order chi connectivity index (χ0) is 11.8. The molecule has 90 valence electrons. The smallest absolute Gasteiger partial charge is 0.132 e. The van der Waals surface area contributed by atoms with Crippen LogP contribution in [0.2, 0.25) is 0 Å². The second-order valence-electron chi connectivity index (χ2n) is 3.64. The summed E-state index contributed by atoms with van der Waals surface area (Å²) >= 11 is 1.81. The molecule has 4 heteroatoms. The molecule has 0 aliphatic carbocycles. The molecule has 16 heavy (non-hydrogen) atoms. The molecule has 0 saturated carbocycles. The molecule has 1 aromatic rings. The summed E-state index contributed by atoms with van der Waals surface area (Å²) in [6, 6.07) is 2.04. The normalized spacial score (nSPS) is 10.4. The van der Waals surface area contributed by atoms with Gasteiger partial charge in [-0.15, -0.1) is 11.8 Å². The topological polar surface area (TPSA) is 37.8 Å². The molecule has 0 aliphatic rings. The maximum Gasteiger partial charge on any atom is 0.132 e. The van der Waals surface area contributed by atoms with Gasteiger partial charge in [-0.3, -0.25) is 0 Å². The fourth-order valence-electron chi connectivity index (χ4n) is 1.36. The van der Waals surface area contributed by atoms with Crippen molar-refractivity contribution in [2.45, 2.75) is 45.1 Å². The molecular weight excluding hydrogens is 218 g/mol. The zero-order valence-electron chi connectivity index (χ0n) is 10.4. The Morgan fingerprint density at radius 2 is 2.00 bits per heavy atom. The lowest BCUT2D eigenvalue weighted by atomic mass is 10.3. The van der Waals surface area contributed by atoms with Crippen molar-refractivity contribution in [1.82, 2.24) is 9.97 Å². The van der Waals surface area contributed by atoms with Gasteiger partial charge in [0.25, 0.3) is 0 Å². The monoisotopic (exact) mass is 239 g/mol. The van der Waals surface area contributed by atoms with E-state index in [2.05, 4.69) is 36.1 Å². The van der Waals surface area contributed by atoms with Crippen molar-refractivity contribution < 1.29 is 0 Å². The summed E-state index contributed by atoms with van der Waals surface area (Å²) in [5.74, 6) is 3.04. The SMILES string of the molecule is CCCSc1cc(NCC)nc(CCC)n1. The van der Waals surface area contributed by atoms with E-state index in [0.717, 1.165) is 41.8 Å². The van der Waals surface area contributed by atoms with Gasteiger partial charge in [-0.25, -0.2) is 9.97 Å². The number of hydrogen-bond donors (Lipinski definition) is 1. The van der Waals surface area contributed by atoms with Gasteiger partial charge in [-0.05, 0) is 25.5 Å². The van der Waals surface area contributed by atoms with E-state index in [1.54, 1.807) is 0 Å². The van der Waals surface area contributed by atoms with Crippen molar-refractivity contribution in [3.05, 3.63) is 11.9 Å². The predicted octanol–water partition coefficient (Wildman–Crippen LogP) is 3.36. The molecule has 0 aromatic carbocycles. The van der Waals surface area contributed by atoms with Crippen LogP contribution in [0.15, 0.2) is 11.1 Å². The molecule has 1 N–H and O–H groups in total. The van der Waals surface area contributed by atoms with Crippen molar-refractivity contribution in [2.75, 3.05) is 17.6 Å². The van der Waals surface area contributed by atoms with Crippen LogP contribution in [0.3, 0.4) is 0 Å². The summed E-state index contributed by atoms with van der Waals surface area (Å²) < 4.78 is 0. The first-order valence-corrected chi connectivity index (χ1v) is 7.03. The van der Waals surface area contributed by atoms with Crippen LogP contribution in [0.25, 0.3) is 0 Å². The van der Waals surface area contributed by atoms with Gasteiger partial charge in [-0.2, -0.15) is 0 Å². The number of anilines is 1. The lowest BCUT2D eigenvalue weighted by Gasteiger charge is -2.07. The van der Waals surface area contributed by atoms with Crippen molar-refractivity contribution in [3.63, 3.8) is 0 Å². The second-order valence-corrected chi connectivity index (χ2v) is 4.75. The molecule has 0 spiro atoms. The molecule has 0 unspecified atom stereocenters. The van der Waals surface area contributed by atoms with Crippen LogP contribution < -0.4 is 5.32 Å². The van der Waals surface area contributed by atoms with E-state index in [1.807, 2.05) is 17.8 Å². The Morgan fingerprint density at radius 3 is 2.62 bits per heavy atom. The maximum absolute atomic E-state index is 4.55. The average molecular weight is 239 g/mol. The Labute approximate surface area is 102 Å². The third-order valence-corrected chi connectivity index (χ3v) is 3.15. The molecule has 1 rings (SSSR count). The number of nitrogens with one attached hydrogen (secondary N) is 1. The van der Waals surface area contributed by atoms with E-state index in [-0.39, 0.29) is 0 Å². The summed E-state index contributed by atoms with van der Waals surface area (Å²) in [4.78, 5) is 9.04. The first kappa shape index (κ1) is 13.3. The summed E-state index contributed by atoms with van der Waals surface area (Å²) in [5, 5.41) is 4.35. The molecule has 0 bridgehead atoms. The lowest BCUT2D eigenvalue weighted by molar-refractivity contribution is 0.810. The Kier molecular flexibility index (Phi) is 6.23. The van der Waals surface area contributed by atoms with Gasteiger partial charge in [0, 0.05) is 19.0 Å². The summed E-state index contributed by atoms with van der Waals surface area (Å²) in [6.07, 6.45) is 3.22.